The predicted molar refractivity (Wildman–Crippen MR) is 120 cm³/mol. The Balaban J connectivity index is 0.00000261. The number of benzene rings is 2. The van der Waals surface area contributed by atoms with E-state index in [0.717, 1.165) is 35.1 Å². The summed E-state index contributed by atoms with van der Waals surface area (Å²) in [6.07, 6.45) is 2.53. The number of halogens is 2. The Kier molecular flexibility index (Phi) is 8.53. The average Bonchev–Trinajstić information content (AvgIpc) is 3.15. The monoisotopic (exact) mass is 496 g/mol. The number of para-hydroxylation sites is 1. The molecule has 8 heteroatoms. The second-order valence-electron chi connectivity index (χ2n) is 5.65. The van der Waals surface area contributed by atoms with Crippen molar-refractivity contribution in [3.63, 3.8) is 0 Å². The first kappa shape index (κ1) is 21.2. The van der Waals surface area contributed by atoms with Crippen molar-refractivity contribution in [2.24, 2.45) is 4.99 Å². The number of aliphatic imine (C=N–C) groups is 1. The van der Waals surface area contributed by atoms with Crippen molar-refractivity contribution in [2.75, 3.05) is 13.6 Å². The van der Waals surface area contributed by atoms with Crippen LogP contribution in [-0.4, -0.2) is 34.3 Å². The van der Waals surface area contributed by atoms with Gasteiger partial charge in [-0.1, -0.05) is 48.0 Å². The minimum absolute atomic E-state index is 0. The minimum Gasteiger partial charge on any atom is -0.356 e. The van der Waals surface area contributed by atoms with Crippen molar-refractivity contribution in [1.29, 1.82) is 0 Å². The van der Waals surface area contributed by atoms with Crippen LogP contribution >= 0.6 is 35.6 Å². The highest BCUT2D eigenvalue weighted by atomic mass is 127. The molecule has 0 fully saturated rings. The highest BCUT2D eigenvalue weighted by molar-refractivity contribution is 14.0. The van der Waals surface area contributed by atoms with Gasteiger partial charge in [-0.2, -0.15) is 0 Å². The van der Waals surface area contributed by atoms with E-state index in [4.69, 9.17) is 11.6 Å². The van der Waals surface area contributed by atoms with Gasteiger partial charge in [0.25, 0.3) is 0 Å². The summed E-state index contributed by atoms with van der Waals surface area (Å²) in [7, 11) is 1.74. The van der Waals surface area contributed by atoms with Gasteiger partial charge in [0.1, 0.15) is 6.33 Å². The maximum atomic E-state index is 6.19. The molecule has 27 heavy (non-hydrogen) atoms. The van der Waals surface area contributed by atoms with Crippen molar-refractivity contribution < 1.29 is 0 Å². The van der Waals surface area contributed by atoms with E-state index >= 15 is 0 Å². The van der Waals surface area contributed by atoms with Crippen LogP contribution in [0.3, 0.4) is 0 Å². The molecule has 3 aromatic rings. The van der Waals surface area contributed by atoms with Crippen LogP contribution in [0.5, 0.6) is 0 Å². The molecule has 0 saturated heterocycles. The van der Waals surface area contributed by atoms with Crippen LogP contribution in [0.15, 0.2) is 65.9 Å². The van der Waals surface area contributed by atoms with Crippen molar-refractivity contribution in [3.8, 4) is 5.69 Å². The molecule has 2 aromatic carbocycles. The largest absolute Gasteiger partial charge is 0.356 e. The third-order valence-electron chi connectivity index (χ3n) is 3.93. The van der Waals surface area contributed by atoms with Crippen LogP contribution in [0.1, 0.15) is 11.4 Å². The first-order valence-corrected chi connectivity index (χ1v) is 8.78. The number of hydrogen-bond donors (Lipinski definition) is 2. The van der Waals surface area contributed by atoms with E-state index in [9.17, 15) is 0 Å². The Hall–Kier alpha value is -2.13. The van der Waals surface area contributed by atoms with Crippen molar-refractivity contribution in [2.45, 2.75) is 13.0 Å². The number of rotatable bonds is 6. The third-order valence-corrected chi connectivity index (χ3v) is 4.30. The molecule has 0 aliphatic rings. The van der Waals surface area contributed by atoms with Gasteiger partial charge in [-0.3, -0.25) is 9.56 Å². The molecule has 142 valence electrons. The number of nitrogens with zero attached hydrogens (tertiary/aromatic N) is 4. The van der Waals surface area contributed by atoms with Gasteiger partial charge < -0.3 is 10.6 Å². The zero-order valence-corrected chi connectivity index (χ0v) is 18.1. The lowest BCUT2D eigenvalue weighted by Crippen LogP contribution is -2.38. The van der Waals surface area contributed by atoms with E-state index < -0.39 is 0 Å². The molecular weight excluding hydrogens is 475 g/mol. The summed E-state index contributed by atoms with van der Waals surface area (Å²) in [5.41, 5.74) is 2.14. The number of guanidine groups is 1. The highest BCUT2D eigenvalue weighted by Gasteiger charge is 2.07. The molecule has 2 N–H and O–H groups in total. The molecule has 0 spiro atoms. The molecule has 0 aliphatic carbocycles. The molecule has 1 heterocycles. The first-order chi connectivity index (χ1) is 12.8. The summed E-state index contributed by atoms with van der Waals surface area (Å²) < 4.78 is 1.95. The lowest BCUT2D eigenvalue weighted by molar-refractivity contribution is 0.749. The molecule has 3 rings (SSSR count). The SMILES string of the molecule is CN=C(NCCc1ccccc1Cl)NCc1nncn1-c1ccccc1.I. The summed E-state index contributed by atoms with van der Waals surface area (Å²) in [5.74, 6) is 1.52. The normalized spacial score (nSPS) is 11.0. The predicted octanol–water partition coefficient (Wildman–Crippen LogP) is 3.45. The third kappa shape index (κ3) is 5.93. The topological polar surface area (TPSA) is 67.1 Å². The number of aromatic nitrogens is 3. The molecule has 0 saturated carbocycles. The second-order valence-corrected chi connectivity index (χ2v) is 6.05. The molecule has 1 aromatic heterocycles. The van der Waals surface area contributed by atoms with Crippen LogP contribution in [0, 0.1) is 0 Å². The Bertz CT molecular complexity index is 865. The zero-order valence-electron chi connectivity index (χ0n) is 15.0. The molecular formula is C19H22ClIN6. The Labute approximate surface area is 181 Å². The average molecular weight is 497 g/mol. The molecule has 0 unspecified atom stereocenters. The van der Waals surface area contributed by atoms with Crippen molar-refractivity contribution in [1.82, 2.24) is 25.4 Å². The van der Waals surface area contributed by atoms with Crippen LogP contribution < -0.4 is 10.6 Å². The number of nitrogens with one attached hydrogen (secondary N) is 2. The van der Waals surface area contributed by atoms with Gasteiger partial charge >= 0.3 is 0 Å². The van der Waals surface area contributed by atoms with Gasteiger partial charge in [0.2, 0.25) is 0 Å². The quantitative estimate of drug-likeness (QED) is 0.312. The van der Waals surface area contributed by atoms with Gasteiger partial charge in [0, 0.05) is 24.3 Å². The summed E-state index contributed by atoms with van der Waals surface area (Å²) in [5, 5.41) is 15.5. The highest BCUT2D eigenvalue weighted by Crippen LogP contribution is 2.14. The smallest absolute Gasteiger partial charge is 0.191 e. The molecule has 0 aliphatic heterocycles. The Morgan fingerprint density at radius 2 is 1.81 bits per heavy atom. The standard InChI is InChI=1S/C19H21ClN6.HI/c1-21-19(22-12-11-15-7-5-6-10-17(15)20)23-13-18-25-24-14-26(18)16-8-3-2-4-9-16;/h2-10,14H,11-13H2,1H3,(H2,21,22,23);1H. The van der Waals surface area contributed by atoms with E-state index in [-0.39, 0.29) is 24.0 Å². The van der Waals surface area contributed by atoms with Crippen molar-refractivity contribution in [3.05, 3.63) is 77.3 Å². The van der Waals surface area contributed by atoms with E-state index in [1.807, 2.05) is 59.2 Å². The van der Waals surface area contributed by atoms with E-state index in [1.165, 1.54) is 0 Å². The van der Waals surface area contributed by atoms with Crippen LogP contribution in [0.25, 0.3) is 5.69 Å². The van der Waals surface area contributed by atoms with Gasteiger partial charge in [0.15, 0.2) is 11.8 Å². The maximum Gasteiger partial charge on any atom is 0.191 e. The zero-order chi connectivity index (χ0) is 18.2. The van der Waals surface area contributed by atoms with Gasteiger partial charge in [-0.25, -0.2) is 0 Å². The molecule has 6 nitrogen and oxygen atoms in total. The summed E-state index contributed by atoms with van der Waals surface area (Å²) in [6, 6.07) is 17.9. The molecule has 0 radical (unpaired) electrons. The van der Waals surface area contributed by atoms with Gasteiger partial charge in [-0.05, 0) is 30.2 Å². The second kappa shape index (κ2) is 10.9. The fraction of sp³-hybridized carbons (Fsp3) is 0.211. The van der Waals surface area contributed by atoms with Crippen LogP contribution in [0.2, 0.25) is 5.02 Å². The van der Waals surface area contributed by atoms with Crippen molar-refractivity contribution >= 4 is 41.5 Å². The maximum absolute atomic E-state index is 6.19. The van der Waals surface area contributed by atoms with Crippen LogP contribution in [0.4, 0.5) is 0 Å². The first-order valence-electron chi connectivity index (χ1n) is 8.40. The number of hydrogen-bond acceptors (Lipinski definition) is 3. The van der Waals surface area contributed by atoms with Crippen LogP contribution in [-0.2, 0) is 13.0 Å². The summed E-state index contributed by atoms with van der Waals surface area (Å²) >= 11 is 6.19. The fourth-order valence-electron chi connectivity index (χ4n) is 2.58. The Morgan fingerprint density at radius 1 is 1.07 bits per heavy atom. The summed E-state index contributed by atoms with van der Waals surface area (Å²) in [6.45, 7) is 1.25. The summed E-state index contributed by atoms with van der Waals surface area (Å²) in [4.78, 5) is 4.25. The minimum atomic E-state index is 0. The lowest BCUT2D eigenvalue weighted by Gasteiger charge is -2.13. The molecule has 0 atom stereocenters. The molecule has 0 bridgehead atoms. The fourth-order valence-corrected chi connectivity index (χ4v) is 2.81. The van der Waals surface area contributed by atoms with E-state index in [0.29, 0.717) is 12.5 Å². The lowest BCUT2D eigenvalue weighted by atomic mass is 10.1. The van der Waals surface area contributed by atoms with Gasteiger partial charge in [0.05, 0.1) is 6.54 Å². The van der Waals surface area contributed by atoms with E-state index in [1.54, 1.807) is 13.4 Å². The Morgan fingerprint density at radius 3 is 2.56 bits per heavy atom. The van der Waals surface area contributed by atoms with Gasteiger partial charge in [-0.15, -0.1) is 34.2 Å². The molecule has 0 amide bonds. The van der Waals surface area contributed by atoms with E-state index in [2.05, 4.69) is 25.8 Å².